The minimum atomic E-state index is 0.0169. The van der Waals surface area contributed by atoms with E-state index in [2.05, 4.69) is 17.3 Å². The topological polar surface area (TPSA) is 56.1 Å². The predicted octanol–water partition coefficient (Wildman–Crippen LogP) is 0.936. The zero-order valence-electron chi connectivity index (χ0n) is 11.8. The van der Waals surface area contributed by atoms with Crippen LogP contribution in [0.1, 0.15) is 25.3 Å². The number of carbonyl (C=O) groups excluding carboxylic acids is 1. The molecule has 0 aliphatic carbocycles. The molecule has 0 amide bonds. The number of nitrogens with zero attached hydrogens (tertiary/aromatic N) is 2. The average molecular weight is 265 g/mol. The first-order valence-electron chi connectivity index (χ1n) is 7.02. The molecule has 5 nitrogen and oxygen atoms in total. The van der Waals surface area contributed by atoms with Gasteiger partial charge in [-0.25, -0.2) is 0 Å². The first kappa shape index (κ1) is 14.2. The Hall–Kier alpha value is -1.20. The summed E-state index contributed by atoms with van der Waals surface area (Å²) in [6.45, 7) is 4.29. The largest absolute Gasteiger partial charge is 0.379 e. The maximum Gasteiger partial charge on any atom is 0.140 e. The van der Waals surface area contributed by atoms with Gasteiger partial charge in [0.1, 0.15) is 5.78 Å². The Labute approximate surface area is 114 Å². The van der Waals surface area contributed by atoms with Gasteiger partial charge in [-0.1, -0.05) is 6.92 Å². The lowest BCUT2D eigenvalue weighted by atomic mass is 9.94. The van der Waals surface area contributed by atoms with E-state index in [1.807, 2.05) is 19.4 Å². The van der Waals surface area contributed by atoms with Crippen molar-refractivity contribution in [3.8, 4) is 0 Å². The number of aromatic nitrogens is 2. The third kappa shape index (κ3) is 3.88. The van der Waals surface area contributed by atoms with Gasteiger partial charge in [0, 0.05) is 25.7 Å². The number of hydrogen-bond donors (Lipinski definition) is 1. The summed E-state index contributed by atoms with van der Waals surface area (Å²) in [4.78, 5) is 12.3. The SMILES string of the molecule is CCCNC1COCC1C(=O)CCc1cnn(C)c1. The minimum absolute atomic E-state index is 0.0169. The highest BCUT2D eigenvalue weighted by Crippen LogP contribution is 2.17. The summed E-state index contributed by atoms with van der Waals surface area (Å²) in [5.41, 5.74) is 1.12. The number of rotatable bonds is 7. The molecule has 19 heavy (non-hydrogen) atoms. The van der Waals surface area contributed by atoms with Gasteiger partial charge in [0.15, 0.2) is 0 Å². The Bertz CT molecular complexity index is 417. The normalized spacial score (nSPS) is 22.8. The molecule has 1 fully saturated rings. The Morgan fingerprint density at radius 3 is 3.11 bits per heavy atom. The molecular weight excluding hydrogens is 242 g/mol. The number of Topliss-reactive ketones (excluding diaryl/α,β-unsaturated/α-hetero) is 1. The molecule has 106 valence electrons. The van der Waals surface area contributed by atoms with Crippen LogP contribution < -0.4 is 5.32 Å². The summed E-state index contributed by atoms with van der Waals surface area (Å²) < 4.78 is 7.21. The zero-order chi connectivity index (χ0) is 13.7. The van der Waals surface area contributed by atoms with Crippen LogP contribution in [0.3, 0.4) is 0 Å². The fraction of sp³-hybridized carbons (Fsp3) is 0.714. The van der Waals surface area contributed by atoms with E-state index in [9.17, 15) is 4.79 Å². The molecule has 2 atom stereocenters. The highest BCUT2D eigenvalue weighted by Gasteiger charge is 2.32. The number of carbonyl (C=O) groups is 1. The molecule has 2 rings (SSSR count). The van der Waals surface area contributed by atoms with Crippen molar-refractivity contribution in [1.29, 1.82) is 0 Å². The standard InChI is InChI=1S/C14H23N3O2/c1-3-6-15-13-10-19-9-12(13)14(18)5-4-11-7-16-17(2)8-11/h7-8,12-13,15H,3-6,9-10H2,1-2H3. The fourth-order valence-corrected chi connectivity index (χ4v) is 2.46. The quantitative estimate of drug-likeness (QED) is 0.797. The number of ether oxygens (including phenoxy) is 1. The van der Waals surface area contributed by atoms with Crippen LogP contribution in [0.4, 0.5) is 0 Å². The monoisotopic (exact) mass is 265 g/mol. The number of ketones is 1. The van der Waals surface area contributed by atoms with Gasteiger partial charge in [-0.3, -0.25) is 9.48 Å². The van der Waals surface area contributed by atoms with E-state index in [0.29, 0.717) is 25.4 Å². The highest BCUT2D eigenvalue weighted by atomic mass is 16.5. The third-order valence-corrected chi connectivity index (χ3v) is 3.57. The van der Waals surface area contributed by atoms with Crippen LogP contribution in [-0.4, -0.2) is 41.4 Å². The molecule has 1 aromatic rings. The first-order chi connectivity index (χ1) is 9.20. The average Bonchev–Trinajstić information content (AvgIpc) is 3.02. The van der Waals surface area contributed by atoms with Crippen molar-refractivity contribution in [2.24, 2.45) is 13.0 Å². The van der Waals surface area contributed by atoms with Crippen molar-refractivity contribution in [2.75, 3.05) is 19.8 Å². The molecule has 1 saturated heterocycles. The lowest BCUT2D eigenvalue weighted by molar-refractivity contribution is -0.123. The molecule has 1 aromatic heterocycles. The van der Waals surface area contributed by atoms with Crippen LogP contribution in [0.5, 0.6) is 0 Å². The summed E-state index contributed by atoms with van der Waals surface area (Å²) in [5.74, 6) is 0.318. The third-order valence-electron chi connectivity index (χ3n) is 3.57. The number of hydrogen-bond acceptors (Lipinski definition) is 4. The van der Waals surface area contributed by atoms with Gasteiger partial charge in [-0.15, -0.1) is 0 Å². The zero-order valence-corrected chi connectivity index (χ0v) is 11.8. The maximum absolute atomic E-state index is 12.3. The summed E-state index contributed by atoms with van der Waals surface area (Å²) in [5, 5.41) is 7.52. The van der Waals surface area contributed by atoms with Crippen molar-refractivity contribution in [3.05, 3.63) is 18.0 Å². The molecule has 0 radical (unpaired) electrons. The molecule has 2 unspecified atom stereocenters. The fourth-order valence-electron chi connectivity index (χ4n) is 2.46. The second-order valence-corrected chi connectivity index (χ2v) is 5.19. The second kappa shape index (κ2) is 6.82. The molecule has 0 aromatic carbocycles. The van der Waals surface area contributed by atoms with E-state index in [4.69, 9.17) is 4.74 Å². The van der Waals surface area contributed by atoms with Gasteiger partial charge in [0.05, 0.1) is 25.3 Å². The van der Waals surface area contributed by atoms with Crippen LogP contribution in [0.15, 0.2) is 12.4 Å². The lowest BCUT2D eigenvalue weighted by Crippen LogP contribution is -2.39. The summed E-state index contributed by atoms with van der Waals surface area (Å²) >= 11 is 0. The van der Waals surface area contributed by atoms with E-state index in [-0.39, 0.29) is 12.0 Å². The van der Waals surface area contributed by atoms with Crippen LogP contribution in [0, 0.1) is 5.92 Å². The number of nitrogens with one attached hydrogen (secondary N) is 1. The van der Waals surface area contributed by atoms with E-state index >= 15 is 0 Å². The molecule has 1 N–H and O–H groups in total. The van der Waals surface area contributed by atoms with Crippen molar-refractivity contribution in [3.63, 3.8) is 0 Å². The van der Waals surface area contributed by atoms with Crippen molar-refractivity contribution in [1.82, 2.24) is 15.1 Å². The molecule has 0 bridgehead atoms. The Kier molecular flexibility index (Phi) is 5.10. The summed E-state index contributed by atoms with van der Waals surface area (Å²) in [6.07, 6.45) is 6.21. The molecule has 0 spiro atoms. The summed E-state index contributed by atoms with van der Waals surface area (Å²) in [7, 11) is 1.89. The minimum Gasteiger partial charge on any atom is -0.379 e. The van der Waals surface area contributed by atoms with E-state index in [1.54, 1.807) is 4.68 Å². The molecule has 1 aliphatic rings. The Morgan fingerprint density at radius 2 is 2.42 bits per heavy atom. The van der Waals surface area contributed by atoms with Crippen LogP contribution in [0.25, 0.3) is 0 Å². The van der Waals surface area contributed by atoms with Gasteiger partial charge in [-0.2, -0.15) is 5.10 Å². The van der Waals surface area contributed by atoms with Gasteiger partial charge < -0.3 is 10.1 Å². The van der Waals surface area contributed by atoms with E-state index in [1.165, 1.54) is 0 Å². The highest BCUT2D eigenvalue weighted by molar-refractivity contribution is 5.82. The first-order valence-corrected chi connectivity index (χ1v) is 7.02. The summed E-state index contributed by atoms with van der Waals surface area (Å²) in [6, 6.07) is 0.196. The predicted molar refractivity (Wildman–Crippen MR) is 72.9 cm³/mol. The molecule has 0 saturated carbocycles. The number of aryl methyl sites for hydroxylation is 2. The van der Waals surface area contributed by atoms with Crippen LogP contribution >= 0.6 is 0 Å². The van der Waals surface area contributed by atoms with Crippen molar-refractivity contribution >= 4 is 5.78 Å². The molecule has 2 heterocycles. The van der Waals surface area contributed by atoms with Crippen molar-refractivity contribution < 1.29 is 9.53 Å². The van der Waals surface area contributed by atoms with Gasteiger partial charge >= 0.3 is 0 Å². The maximum atomic E-state index is 12.3. The van der Waals surface area contributed by atoms with Gasteiger partial charge in [0.2, 0.25) is 0 Å². The Morgan fingerprint density at radius 1 is 1.58 bits per heavy atom. The van der Waals surface area contributed by atoms with Crippen LogP contribution in [0.2, 0.25) is 0 Å². The van der Waals surface area contributed by atoms with Gasteiger partial charge in [-0.05, 0) is 24.9 Å². The van der Waals surface area contributed by atoms with Crippen molar-refractivity contribution in [2.45, 2.75) is 32.2 Å². The second-order valence-electron chi connectivity index (χ2n) is 5.19. The van der Waals surface area contributed by atoms with Crippen LogP contribution in [-0.2, 0) is 23.0 Å². The van der Waals surface area contributed by atoms with Gasteiger partial charge in [0.25, 0.3) is 0 Å². The molecular formula is C14H23N3O2. The smallest absolute Gasteiger partial charge is 0.140 e. The Balaban J connectivity index is 1.81. The van der Waals surface area contributed by atoms with E-state index in [0.717, 1.165) is 24.9 Å². The lowest BCUT2D eigenvalue weighted by Gasteiger charge is -2.17. The molecule has 1 aliphatic heterocycles. The molecule has 5 heteroatoms. The van der Waals surface area contributed by atoms with E-state index < -0.39 is 0 Å².